The molecule has 0 aliphatic rings. The number of urea groups is 1. The average Bonchev–Trinajstić information content (AvgIpc) is 3.25. The van der Waals surface area contributed by atoms with Crippen LogP contribution in [0.3, 0.4) is 0 Å². The third-order valence-corrected chi connectivity index (χ3v) is 5.25. The van der Waals surface area contributed by atoms with Crippen LogP contribution in [0.1, 0.15) is 0 Å². The molecule has 11 nitrogen and oxygen atoms in total. The van der Waals surface area contributed by atoms with Crippen LogP contribution in [-0.2, 0) is 4.79 Å². The number of likely N-dealkylation sites (N-methyl/N-ethyl adjacent to an activating group) is 1. The molecule has 0 unspecified atom stereocenters. The summed E-state index contributed by atoms with van der Waals surface area (Å²) in [4.78, 5) is 29.3. The molecule has 3 amide bonds. The number of amides is 3. The minimum absolute atomic E-state index is 0.106. The number of carbonyl (C=O) groups excluding carboxylic acids is 2. The van der Waals surface area contributed by atoms with Crippen LogP contribution in [0.15, 0.2) is 40.0 Å². The van der Waals surface area contributed by atoms with Gasteiger partial charge < -0.3 is 30.9 Å². The van der Waals surface area contributed by atoms with Gasteiger partial charge in [-0.05, 0) is 18.2 Å². The number of thiazole rings is 1. The molecule has 0 atom stereocenters. The number of carbonyl (C=O) groups is 2. The predicted octanol–water partition coefficient (Wildman–Crippen LogP) is 2.12. The maximum absolute atomic E-state index is 12.3. The second-order valence-corrected chi connectivity index (χ2v) is 7.93. The van der Waals surface area contributed by atoms with Gasteiger partial charge in [0.1, 0.15) is 24.3 Å². The SMILES string of the molecule is CNC(=O)N(C)C(=N)C(=CO)NCC(=O)Nc1nc(-c2cc(Br)ccc2OCCO)cs1. The molecule has 6 N–H and O–H groups in total. The first kappa shape index (κ1) is 25.1. The molecule has 1 aromatic heterocycles. The Bertz CT molecular complexity index is 1010. The predicted molar refractivity (Wildman–Crippen MR) is 125 cm³/mol. The number of halogens is 1. The third kappa shape index (κ3) is 6.67. The van der Waals surface area contributed by atoms with Crippen LogP contribution in [0.25, 0.3) is 11.3 Å². The summed E-state index contributed by atoms with van der Waals surface area (Å²) in [6.07, 6.45) is 0.609. The highest BCUT2D eigenvalue weighted by Gasteiger charge is 2.18. The molecule has 0 radical (unpaired) electrons. The van der Waals surface area contributed by atoms with Crippen molar-refractivity contribution in [2.45, 2.75) is 0 Å². The van der Waals surface area contributed by atoms with Gasteiger partial charge in [0.2, 0.25) is 5.91 Å². The van der Waals surface area contributed by atoms with Crippen molar-refractivity contribution in [2.75, 3.05) is 39.2 Å². The van der Waals surface area contributed by atoms with E-state index >= 15 is 0 Å². The van der Waals surface area contributed by atoms with E-state index in [9.17, 15) is 14.7 Å². The van der Waals surface area contributed by atoms with Gasteiger partial charge in [-0.1, -0.05) is 15.9 Å². The van der Waals surface area contributed by atoms with Gasteiger partial charge in [0, 0.05) is 29.5 Å². The van der Waals surface area contributed by atoms with E-state index in [-0.39, 0.29) is 31.3 Å². The number of aliphatic hydroxyl groups is 2. The second-order valence-electron chi connectivity index (χ2n) is 6.16. The molecule has 1 heterocycles. The summed E-state index contributed by atoms with van der Waals surface area (Å²) in [6.45, 7) is -0.257. The minimum Gasteiger partial charge on any atom is -0.513 e. The summed E-state index contributed by atoms with van der Waals surface area (Å²) in [5.41, 5.74) is 1.17. The molecule has 0 aliphatic heterocycles. The number of rotatable bonds is 9. The Morgan fingerprint density at radius 1 is 1.41 bits per heavy atom. The van der Waals surface area contributed by atoms with Crippen LogP contribution >= 0.6 is 27.3 Å². The van der Waals surface area contributed by atoms with Crippen molar-refractivity contribution in [3.63, 3.8) is 0 Å². The first-order chi connectivity index (χ1) is 15.3. The van der Waals surface area contributed by atoms with Crippen LogP contribution in [-0.4, -0.2) is 71.7 Å². The van der Waals surface area contributed by atoms with Gasteiger partial charge in [-0.2, -0.15) is 0 Å². The highest BCUT2D eigenvalue weighted by molar-refractivity contribution is 9.10. The zero-order chi connectivity index (χ0) is 23.7. The molecule has 2 aromatic rings. The first-order valence-corrected chi connectivity index (χ1v) is 10.9. The van der Waals surface area contributed by atoms with E-state index in [4.69, 9.17) is 15.3 Å². The van der Waals surface area contributed by atoms with Crippen molar-refractivity contribution < 1.29 is 24.5 Å². The summed E-state index contributed by atoms with van der Waals surface area (Å²) in [7, 11) is 2.76. The van der Waals surface area contributed by atoms with E-state index in [1.54, 1.807) is 11.4 Å². The minimum atomic E-state index is -0.550. The van der Waals surface area contributed by atoms with Gasteiger partial charge in [0.05, 0.1) is 18.8 Å². The molecule has 0 spiro atoms. The van der Waals surface area contributed by atoms with Crippen molar-refractivity contribution >= 4 is 50.2 Å². The maximum atomic E-state index is 12.3. The molecular formula is C19H23BrN6O5S. The molecular weight excluding hydrogens is 504 g/mol. The molecule has 0 fully saturated rings. The maximum Gasteiger partial charge on any atom is 0.322 e. The number of ether oxygens (including phenoxy) is 1. The Morgan fingerprint density at radius 2 is 2.16 bits per heavy atom. The number of hydrogen-bond donors (Lipinski definition) is 6. The first-order valence-electron chi connectivity index (χ1n) is 9.22. The zero-order valence-electron chi connectivity index (χ0n) is 17.3. The van der Waals surface area contributed by atoms with Crippen molar-refractivity contribution in [2.24, 2.45) is 0 Å². The molecule has 1 aromatic carbocycles. The van der Waals surface area contributed by atoms with Crippen LogP contribution in [0.5, 0.6) is 5.75 Å². The molecule has 0 saturated heterocycles. The summed E-state index contributed by atoms with van der Waals surface area (Å²) in [5, 5.41) is 36.0. The topological polar surface area (TPSA) is 160 Å². The highest BCUT2D eigenvalue weighted by atomic mass is 79.9. The number of nitrogens with zero attached hydrogens (tertiary/aromatic N) is 2. The van der Waals surface area contributed by atoms with Crippen LogP contribution in [0.2, 0.25) is 0 Å². The van der Waals surface area contributed by atoms with Crippen molar-refractivity contribution in [1.29, 1.82) is 5.41 Å². The normalized spacial score (nSPS) is 10.9. The van der Waals surface area contributed by atoms with E-state index in [1.807, 2.05) is 12.1 Å². The number of benzene rings is 1. The van der Waals surface area contributed by atoms with Gasteiger partial charge in [0.25, 0.3) is 0 Å². The smallest absolute Gasteiger partial charge is 0.322 e. The quantitative estimate of drug-likeness (QED) is 0.166. The summed E-state index contributed by atoms with van der Waals surface area (Å²) >= 11 is 4.62. The van der Waals surface area contributed by atoms with Crippen molar-refractivity contribution in [1.82, 2.24) is 20.5 Å². The number of aromatic nitrogens is 1. The van der Waals surface area contributed by atoms with Gasteiger partial charge >= 0.3 is 6.03 Å². The van der Waals surface area contributed by atoms with Gasteiger partial charge in [-0.15, -0.1) is 11.3 Å². The van der Waals surface area contributed by atoms with Gasteiger partial charge in [-0.3, -0.25) is 15.1 Å². The Morgan fingerprint density at radius 3 is 2.81 bits per heavy atom. The van der Waals surface area contributed by atoms with E-state index in [1.165, 1.54) is 25.4 Å². The number of amidine groups is 1. The van der Waals surface area contributed by atoms with Crippen molar-refractivity contribution in [3.05, 3.63) is 40.0 Å². The Labute approximate surface area is 196 Å². The Hall–Kier alpha value is -3.16. The van der Waals surface area contributed by atoms with Crippen LogP contribution in [0, 0.1) is 5.41 Å². The van der Waals surface area contributed by atoms with E-state index < -0.39 is 11.9 Å². The lowest BCUT2D eigenvalue weighted by molar-refractivity contribution is -0.115. The zero-order valence-corrected chi connectivity index (χ0v) is 19.7. The standard InChI is InChI=1S/C19H23BrN6O5S/c1-22-19(30)26(2)17(21)13(9-28)23-8-16(29)25-18-24-14(10-32-18)12-7-11(20)3-4-15(12)31-6-5-27/h3-4,7,9-10,21,23,27-28H,5-6,8H2,1-2H3,(H,22,30)(H,24,25,29). The second kappa shape index (κ2) is 12.0. The Kier molecular flexibility index (Phi) is 9.43. The summed E-state index contributed by atoms with van der Waals surface area (Å²) in [5.74, 6) is -0.239. The van der Waals surface area contributed by atoms with Crippen LogP contribution in [0.4, 0.5) is 9.93 Å². The monoisotopic (exact) mass is 526 g/mol. The number of nitrogens with one attached hydrogen (secondary N) is 4. The third-order valence-electron chi connectivity index (χ3n) is 3.99. The molecule has 2 rings (SSSR count). The van der Waals surface area contributed by atoms with Crippen molar-refractivity contribution in [3.8, 4) is 17.0 Å². The summed E-state index contributed by atoms with van der Waals surface area (Å²) in [6, 6.07) is 4.83. The van der Waals surface area contributed by atoms with E-state index in [0.717, 1.165) is 9.37 Å². The number of hydrogen-bond acceptors (Lipinski definition) is 9. The highest BCUT2D eigenvalue weighted by Crippen LogP contribution is 2.34. The summed E-state index contributed by atoms with van der Waals surface area (Å²) < 4.78 is 6.36. The van der Waals surface area contributed by atoms with Crippen LogP contribution < -0.4 is 20.7 Å². The Balaban J connectivity index is 2.02. The lowest BCUT2D eigenvalue weighted by atomic mass is 10.1. The largest absolute Gasteiger partial charge is 0.513 e. The van der Waals surface area contributed by atoms with E-state index in [0.29, 0.717) is 28.4 Å². The molecule has 32 heavy (non-hydrogen) atoms. The molecule has 172 valence electrons. The lowest BCUT2D eigenvalue weighted by Gasteiger charge is -2.19. The van der Waals surface area contributed by atoms with E-state index in [2.05, 4.69) is 36.9 Å². The fraction of sp³-hybridized carbons (Fsp3) is 0.263. The fourth-order valence-corrected chi connectivity index (χ4v) is 3.51. The number of aliphatic hydroxyl groups excluding tert-OH is 2. The lowest BCUT2D eigenvalue weighted by Crippen LogP contribution is -2.43. The molecule has 0 aliphatic carbocycles. The molecule has 0 bridgehead atoms. The molecule has 13 heteroatoms. The fourth-order valence-electron chi connectivity index (χ4n) is 2.42. The molecule has 0 saturated carbocycles. The van der Waals surface area contributed by atoms with Gasteiger partial charge in [0.15, 0.2) is 11.0 Å². The average molecular weight is 527 g/mol. The van der Waals surface area contributed by atoms with Gasteiger partial charge in [-0.25, -0.2) is 9.78 Å². The number of anilines is 1.